The minimum Gasteiger partial charge on any atom is -0.469 e. The topological polar surface area (TPSA) is 55.4 Å². The van der Waals surface area contributed by atoms with Crippen molar-refractivity contribution in [2.45, 2.75) is 19.3 Å². The first-order valence-electron chi connectivity index (χ1n) is 5.75. The minimum absolute atomic E-state index is 0.130. The summed E-state index contributed by atoms with van der Waals surface area (Å²) in [5.41, 5.74) is 0.585. The van der Waals surface area contributed by atoms with Crippen molar-refractivity contribution in [1.29, 1.82) is 0 Å². The van der Waals surface area contributed by atoms with Crippen molar-refractivity contribution >= 4 is 35.1 Å². The number of hydrogen-bond donors (Lipinski definition) is 1. The molecule has 1 aromatic rings. The predicted octanol–water partition coefficient (Wildman–Crippen LogP) is 2.78. The Hall–Kier alpha value is -1.26. The Morgan fingerprint density at radius 1 is 1.32 bits per heavy atom. The third-order valence-electron chi connectivity index (χ3n) is 2.68. The van der Waals surface area contributed by atoms with Crippen molar-refractivity contribution in [1.82, 2.24) is 5.32 Å². The molecule has 0 fully saturated rings. The molecule has 0 heterocycles. The number of carbonyl (C=O) groups is 2. The lowest BCUT2D eigenvalue weighted by atomic mass is 10.00. The summed E-state index contributed by atoms with van der Waals surface area (Å²) in [6.45, 7) is 1.93. The largest absolute Gasteiger partial charge is 0.469 e. The molecule has 0 saturated heterocycles. The average Bonchev–Trinajstić information content (AvgIpc) is 2.37. The van der Waals surface area contributed by atoms with Gasteiger partial charge in [0.05, 0.1) is 19.4 Å². The number of hydrogen-bond acceptors (Lipinski definition) is 3. The molecule has 0 radical (unpaired) electrons. The number of nitrogens with one attached hydrogen (secondary N) is 1. The Balaban J connectivity index is 2.64. The second-order valence-corrected chi connectivity index (χ2v) is 4.79. The van der Waals surface area contributed by atoms with Crippen LogP contribution in [0.15, 0.2) is 18.2 Å². The van der Waals surface area contributed by atoms with Crippen molar-refractivity contribution < 1.29 is 14.3 Å². The van der Waals surface area contributed by atoms with E-state index in [1.807, 2.05) is 0 Å². The van der Waals surface area contributed by atoms with Gasteiger partial charge in [0, 0.05) is 22.2 Å². The molecule has 1 rings (SSSR count). The molecule has 0 aliphatic heterocycles. The number of methoxy groups -OCH3 is 1. The molecule has 0 aromatic heterocycles. The van der Waals surface area contributed by atoms with Gasteiger partial charge in [-0.25, -0.2) is 0 Å². The lowest BCUT2D eigenvalue weighted by Crippen LogP contribution is -2.30. The normalized spacial score (nSPS) is 11.8. The van der Waals surface area contributed by atoms with Gasteiger partial charge in [-0.15, -0.1) is 0 Å². The molecule has 1 aromatic carbocycles. The standard InChI is InChI=1S/C13H15Cl2NO3/c1-8(12-9(14)4-3-5-10(12)15)13(18)16-7-6-11(17)19-2/h3-5,8H,6-7H2,1-2H3,(H,16,18)/t8-/m0/s1. The minimum atomic E-state index is -0.487. The highest BCUT2D eigenvalue weighted by Crippen LogP contribution is 2.31. The highest BCUT2D eigenvalue weighted by atomic mass is 35.5. The van der Waals surface area contributed by atoms with Crippen molar-refractivity contribution in [3.8, 4) is 0 Å². The van der Waals surface area contributed by atoms with E-state index in [0.717, 1.165) is 0 Å². The van der Waals surface area contributed by atoms with E-state index in [4.69, 9.17) is 23.2 Å². The van der Waals surface area contributed by atoms with E-state index >= 15 is 0 Å². The molecule has 0 aliphatic rings. The average molecular weight is 304 g/mol. The summed E-state index contributed by atoms with van der Waals surface area (Å²) in [4.78, 5) is 22.9. The van der Waals surface area contributed by atoms with Crippen LogP contribution in [0.2, 0.25) is 10.0 Å². The summed E-state index contributed by atoms with van der Waals surface area (Å²) in [6, 6.07) is 5.08. The van der Waals surface area contributed by atoms with Gasteiger partial charge in [-0.1, -0.05) is 29.3 Å². The zero-order chi connectivity index (χ0) is 14.4. The molecule has 0 spiro atoms. The first-order valence-corrected chi connectivity index (χ1v) is 6.51. The third kappa shape index (κ3) is 4.40. The highest BCUT2D eigenvalue weighted by molar-refractivity contribution is 6.36. The number of carbonyl (C=O) groups excluding carboxylic acids is 2. The molecule has 0 bridgehead atoms. The van der Waals surface area contributed by atoms with Crippen LogP contribution in [-0.4, -0.2) is 25.5 Å². The molecular weight excluding hydrogens is 289 g/mol. The van der Waals surface area contributed by atoms with E-state index < -0.39 is 5.92 Å². The summed E-state index contributed by atoms with van der Waals surface area (Å²) >= 11 is 12.1. The fraction of sp³-hybridized carbons (Fsp3) is 0.385. The molecule has 1 amide bonds. The van der Waals surface area contributed by atoms with Gasteiger partial charge >= 0.3 is 5.97 Å². The number of halogens is 2. The van der Waals surface area contributed by atoms with Gasteiger partial charge < -0.3 is 10.1 Å². The second-order valence-electron chi connectivity index (χ2n) is 3.97. The van der Waals surface area contributed by atoms with Crippen molar-refractivity contribution in [3.63, 3.8) is 0 Å². The van der Waals surface area contributed by atoms with Crippen LogP contribution in [0.25, 0.3) is 0 Å². The van der Waals surface area contributed by atoms with Crippen LogP contribution < -0.4 is 5.32 Å². The van der Waals surface area contributed by atoms with Crippen molar-refractivity contribution in [2.24, 2.45) is 0 Å². The zero-order valence-corrected chi connectivity index (χ0v) is 12.2. The maximum atomic E-state index is 11.9. The van der Waals surface area contributed by atoms with Gasteiger partial charge in [-0.05, 0) is 19.1 Å². The Morgan fingerprint density at radius 3 is 2.42 bits per heavy atom. The Labute approximate surface area is 122 Å². The van der Waals surface area contributed by atoms with E-state index in [1.165, 1.54) is 7.11 Å². The fourth-order valence-corrected chi connectivity index (χ4v) is 2.32. The summed E-state index contributed by atoms with van der Waals surface area (Å²) in [5.74, 6) is -1.10. The van der Waals surface area contributed by atoms with E-state index in [2.05, 4.69) is 10.1 Å². The molecule has 0 unspecified atom stereocenters. The number of esters is 1. The van der Waals surface area contributed by atoms with Crippen LogP contribution in [-0.2, 0) is 14.3 Å². The smallest absolute Gasteiger partial charge is 0.307 e. The van der Waals surface area contributed by atoms with Gasteiger partial charge in [0.25, 0.3) is 0 Å². The summed E-state index contributed by atoms with van der Waals surface area (Å²) in [5, 5.41) is 3.54. The molecular formula is C13H15Cl2NO3. The van der Waals surface area contributed by atoms with Crippen LogP contribution in [0.5, 0.6) is 0 Å². The summed E-state index contributed by atoms with van der Waals surface area (Å²) in [6.07, 6.45) is 0.130. The summed E-state index contributed by atoms with van der Waals surface area (Å²) < 4.78 is 4.48. The molecule has 0 saturated carbocycles. The quantitative estimate of drug-likeness (QED) is 0.851. The Bertz CT molecular complexity index is 457. The van der Waals surface area contributed by atoms with Gasteiger partial charge in [-0.2, -0.15) is 0 Å². The Morgan fingerprint density at radius 2 is 1.89 bits per heavy atom. The molecule has 1 N–H and O–H groups in total. The number of benzene rings is 1. The van der Waals surface area contributed by atoms with Crippen LogP contribution in [0, 0.1) is 0 Å². The second kappa shape index (κ2) is 7.36. The first-order chi connectivity index (χ1) is 8.97. The monoisotopic (exact) mass is 303 g/mol. The third-order valence-corrected chi connectivity index (χ3v) is 3.34. The lowest BCUT2D eigenvalue weighted by molar-refractivity contribution is -0.140. The summed E-state index contributed by atoms with van der Waals surface area (Å²) in [7, 11) is 1.30. The molecule has 6 heteroatoms. The van der Waals surface area contributed by atoms with Gasteiger partial charge in [-0.3, -0.25) is 9.59 Å². The van der Waals surface area contributed by atoms with E-state index in [1.54, 1.807) is 25.1 Å². The van der Waals surface area contributed by atoms with E-state index in [-0.39, 0.29) is 24.8 Å². The highest BCUT2D eigenvalue weighted by Gasteiger charge is 2.20. The fourth-order valence-electron chi connectivity index (χ4n) is 1.60. The SMILES string of the molecule is COC(=O)CCNC(=O)[C@@H](C)c1c(Cl)cccc1Cl. The van der Waals surface area contributed by atoms with Crippen LogP contribution in [0.1, 0.15) is 24.8 Å². The number of ether oxygens (including phenoxy) is 1. The van der Waals surface area contributed by atoms with E-state index in [9.17, 15) is 9.59 Å². The van der Waals surface area contributed by atoms with E-state index in [0.29, 0.717) is 15.6 Å². The van der Waals surface area contributed by atoms with Crippen LogP contribution in [0.4, 0.5) is 0 Å². The van der Waals surface area contributed by atoms with Crippen molar-refractivity contribution in [2.75, 3.05) is 13.7 Å². The first kappa shape index (κ1) is 15.8. The maximum absolute atomic E-state index is 11.9. The van der Waals surface area contributed by atoms with Crippen molar-refractivity contribution in [3.05, 3.63) is 33.8 Å². The molecule has 1 atom stereocenters. The van der Waals surface area contributed by atoms with Crippen LogP contribution >= 0.6 is 23.2 Å². The molecule has 104 valence electrons. The van der Waals surface area contributed by atoms with Crippen LogP contribution in [0.3, 0.4) is 0 Å². The lowest BCUT2D eigenvalue weighted by Gasteiger charge is -2.15. The Kier molecular flexibility index (Phi) is 6.12. The van der Waals surface area contributed by atoms with Gasteiger partial charge in [0.15, 0.2) is 0 Å². The molecule has 0 aliphatic carbocycles. The van der Waals surface area contributed by atoms with Gasteiger partial charge in [0.2, 0.25) is 5.91 Å². The zero-order valence-electron chi connectivity index (χ0n) is 10.7. The predicted molar refractivity (Wildman–Crippen MR) is 74.5 cm³/mol. The number of rotatable bonds is 5. The molecule has 4 nitrogen and oxygen atoms in total. The maximum Gasteiger partial charge on any atom is 0.307 e. The van der Waals surface area contributed by atoms with Gasteiger partial charge in [0.1, 0.15) is 0 Å². The molecule has 19 heavy (non-hydrogen) atoms. The number of amides is 1.